The Kier molecular flexibility index (Phi) is 6.89. The normalized spacial score (nSPS) is 42.9. The lowest BCUT2D eigenvalue weighted by molar-refractivity contribution is -0.146. The van der Waals surface area contributed by atoms with E-state index in [2.05, 4.69) is 13.8 Å². The maximum absolute atomic E-state index is 12.5. The van der Waals surface area contributed by atoms with Gasteiger partial charge in [0.05, 0.1) is 5.57 Å². The Bertz CT molecular complexity index is 928. The van der Waals surface area contributed by atoms with E-state index >= 15 is 0 Å². The predicted molar refractivity (Wildman–Crippen MR) is 134 cm³/mol. The number of carboxylic acids is 1. The summed E-state index contributed by atoms with van der Waals surface area (Å²) in [5, 5.41) is 10.2. The monoisotopic (exact) mass is 469 g/mol. The minimum Gasteiger partial charge on any atom is -0.478 e. The van der Waals surface area contributed by atoms with Gasteiger partial charge in [0.25, 0.3) is 0 Å². The molecule has 4 rings (SSSR count). The number of ether oxygens (including phenoxy) is 1. The summed E-state index contributed by atoms with van der Waals surface area (Å²) in [6.45, 7) is 10.2. The molecular weight excluding hydrogens is 426 g/mol. The van der Waals surface area contributed by atoms with E-state index in [9.17, 15) is 14.7 Å². The molecule has 5 nitrogen and oxygen atoms in total. The number of hydrogen-bond acceptors (Lipinski definition) is 4. The topological polar surface area (TPSA) is 89.6 Å². The van der Waals surface area contributed by atoms with E-state index in [4.69, 9.17) is 10.5 Å². The Morgan fingerprint density at radius 2 is 1.74 bits per heavy atom. The standard InChI is InChI=1S/C29H43NO4/c1-17(2)8-6-10-20(27(32)33)26-23-15-14-22-21(28(23,4)16-24(26)34-18(3)31)13-12-19-9-7-11-25(30)29(19,22)5/h6,8,10,19,21-25H,7,9,11-16,30H2,1-5H3,(H,32,33)/b10-6+,26-20-/t19?,21?,22-,23?,24+,25-,28-,29+/m1/s1. The Morgan fingerprint density at radius 3 is 2.38 bits per heavy atom. The van der Waals surface area contributed by atoms with Crippen LogP contribution in [-0.2, 0) is 14.3 Å². The first-order valence-electron chi connectivity index (χ1n) is 13.2. The van der Waals surface area contributed by atoms with Crippen molar-refractivity contribution in [3.8, 4) is 0 Å². The molecular formula is C29H43NO4. The van der Waals surface area contributed by atoms with Crippen molar-refractivity contribution in [2.24, 2.45) is 40.2 Å². The smallest absolute Gasteiger partial charge is 0.335 e. The Balaban J connectivity index is 1.78. The highest BCUT2D eigenvalue weighted by Gasteiger charge is 2.63. The van der Waals surface area contributed by atoms with Crippen molar-refractivity contribution >= 4 is 11.9 Å². The Morgan fingerprint density at radius 1 is 1.03 bits per heavy atom. The lowest BCUT2D eigenvalue weighted by Gasteiger charge is -2.62. The summed E-state index contributed by atoms with van der Waals surface area (Å²) < 4.78 is 5.84. The summed E-state index contributed by atoms with van der Waals surface area (Å²) >= 11 is 0. The number of esters is 1. The van der Waals surface area contributed by atoms with Crippen molar-refractivity contribution in [1.29, 1.82) is 0 Å². The van der Waals surface area contributed by atoms with Crippen LogP contribution in [0.2, 0.25) is 0 Å². The van der Waals surface area contributed by atoms with E-state index in [1.54, 1.807) is 6.08 Å². The first kappa shape index (κ1) is 25.2. The molecule has 4 aliphatic rings. The Labute approximate surface area is 204 Å². The Hall–Kier alpha value is -1.88. The highest BCUT2D eigenvalue weighted by atomic mass is 16.5. The molecule has 0 aromatic rings. The highest BCUT2D eigenvalue weighted by molar-refractivity contribution is 5.91. The maximum Gasteiger partial charge on any atom is 0.335 e. The summed E-state index contributed by atoms with van der Waals surface area (Å²) in [7, 11) is 0. The van der Waals surface area contributed by atoms with Gasteiger partial charge in [-0.15, -0.1) is 0 Å². The van der Waals surface area contributed by atoms with Gasteiger partial charge >= 0.3 is 11.9 Å². The fourth-order valence-electron chi connectivity index (χ4n) is 8.63. The zero-order valence-electron chi connectivity index (χ0n) is 21.6. The number of carboxylic acid groups (broad SMARTS) is 1. The number of nitrogens with two attached hydrogens (primary N) is 1. The maximum atomic E-state index is 12.5. The fraction of sp³-hybridized carbons (Fsp3) is 0.724. The van der Waals surface area contributed by atoms with Crippen molar-refractivity contribution in [2.45, 2.75) is 98.1 Å². The van der Waals surface area contributed by atoms with Crippen molar-refractivity contribution in [3.63, 3.8) is 0 Å². The summed E-state index contributed by atoms with van der Waals surface area (Å²) in [4.78, 5) is 24.5. The zero-order valence-corrected chi connectivity index (χ0v) is 21.6. The third-order valence-corrected chi connectivity index (χ3v) is 10.2. The van der Waals surface area contributed by atoms with Crippen LogP contribution >= 0.6 is 0 Å². The second-order valence-corrected chi connectivity index (χ2v) is 12.1. The van der Waals surface area contributed by atoms with Gasteiger partial charge in [-0.1, -0.05) is 38.0 Å². The van der Waals surface area contributed by atoms with E-state index in [1.807, 2.05) is 26.0 Å². The molecule has 0 aromatic heterocycles. The van der Waals surface area contributed by atoms with E-state index in [0.717, 1.165) is 30.4 Å². The van der Waals surface area contributed by atoms with Crippen LogP contribution in [0.15, 0.2) is 34.9 Å². The minimum atomic E-state index is -0.943. The summed E-state index contributed by atoms with van der Waals surface area (Å²) in [5.74, 6) is 0.547. The first-order chi connectivity index (χ1) is 16.0. The van der Waals surface area contributed by atoms with E-state index in [1.165, 1.54) is 32.6 Å². The molecule has 4 saturated carbocycles. The van der Waals surface area contributed by atoms with Crippen LogP contribution in [0, 0.1) is 34.5 Å². The van der Waals surface area contributed by atoms with Gasteiger partial charge in [-0.05, 0) is 105 Å². The van der Waals surface area contributed by atoms with Crippen LogP contribution in [0.4, 0.5) is 0 Å². The van der Waals surface area contributed by atoms with Crippen LogP contribution in [0.25, 0.3) is 0 Å². The molecule has 0 bridgehead atoms. The van der Waals surface area contributed by atoms with Crippen LogP contribution < -0.4 is 5.73 Å². The SMILES string of the molecule is CC(=O)O[C@H]1C[C@@]2(C)C(CC[C@@H]3C2CCC2CCC[C@@H](N)[C@@]23C)/C1=C(\C=C\C=C(C)C)C(=O)O. The number of fused-ring (bicyclic) bond motifs is 5. The number of carbonyl (C=O) groups is 2. The molecule has 188 valence electrons. The van der Waals surface area contributed by atoms with Gasteiger partial charge in [0.15, 0.2) is 0 Å². The molecule has 8 atom stereocenters. The quantitative estimate of drug-likeness (QED) is 0.308. The molecule has 0 heterocycles. The van der Waals surface area contributed by atoms with Gasteiger partial charge in [0.1, 0.15) is 6.10 Å². The third-order valence-electron chi connectivity index (χ3n) is 10.2. The van der Waals surface area contributed by atoms with Crippen LogP contribution in [-0.4, -0.2) is 29.2 Å². The lowest BCUT2D eigenvalue weighted by Crippen LogP contribution is -2.60. The molecule has 0 saturated heterocycles. The van der Waals surface area contributed by atoms with Crippen LogP contribution in [0.1, 0.15) is 86.0 Å². The average Bonchev–Trinajstić information content (AvgIpc) is 3.02. The van der Waals surface area contributed by atoms with Crippen molar-refractivity contribution in [1.82, 2.24) is 0 Å². The fourth-order valence-corrected chi connectivity index (χ4v) is 8.63. The number of rotatable bonds is 4. The van der Waals surface area contributed by atoms with Gasteiger partial charge in [0, 0.05) is 13.0 Å². The number of aliphatic carboxylic acids is 1. The van der Waals surface area contributed by atoms with Crippen molar-refractivity contribution in [3.05, 3.63) is 34.9 Å². The van der Waals surface area contributed by atoms with Crippen molar-refractivity contribution in [2.75, 3.05) is 0 Å². The molecule has 3 unspecified atom stereocenters. The molecule has 4 fully saturated rings. The van der Waals surface area contributed by atoms with E-state index in [0.29, 0.717) is 29.7 Å². The molecule has 0 radical (unpaired) electrons. The lowest BCUT2D eigenvalue weighted by atomic mass is 9.43. The second kappa shape index (κ2) is 9.29. The molecule has 0 spiro atoms. The van der Waals surface area contributed by atoms with E-state index < -0.39 is 12.1 Å². The highest BCUT2D eigenvalue weighted by Crippen LogP contribution is 2.68. The van der Waals surface area contributed by atoms with Gasteiger partial charge in [-0.2, -0.15) is 0 Å². The largest absolute Gasteiger partial charge is 0.478 e. The summed E-state index contributed by atoms with van der Waals surface area (Å²) in [5.41, 5.74) is 9.11. The van der Waals surface area contributed by atoms with Gasteiger partial charge in [-0.25, -0.2) is 4.79 Å². The second-order valence-electron chi connectivity index (χ2n) is 12.1. The molecule has 0 aromatic carbocycles. The van der Waals surface area contributed by atoms with Crippen LogP contribution in [0.3, 0.4) is 0 Å². The first-order valence-corrected chi connectivity index (χ1v) is 13.2. The number of carbonyl (C=O) groups excluding carboxylic acids is 1. The van der Waals surface area contributed by atoms with Gasteiger partial charge in [0.2, 0.25) is 0 Å². The average molecular weight is 470 g/mol. The predicted octanol–water partition coefficient (Wildman–Crippen LogP) is 5.80. The zero-order chi connectivity index (χ0) is 24.8. The van der Waals surface area contributed by atoms with Crippen molar-refractivity contribution < 1.29 is 19.4 Å². The summed E-state index contributed by atoms with van der Waals surface area (Å²) in [6, 6.07) is 0.237. The third kappa shape index (κ3) is 4.08. The van der Waals surface area contributed by atoms with E-state index in [-0.39, 0.29) is 28.8 Å². The molecule has 0 aliphatic heterocycles. The van der Waals surface area contributed by atoms with Gasteiger partial charge < -0.3 is 15.6 Å². The minimum absolute atomic E-state index is 0.0887. The number of hydrogen-bond donors (Lipinski definition) is 2. The molecule has 0 amide bonds. The molecule has 3 N–H and O–H groups in total. The molecule has 34 heavy (non-hydrogen) atoms. The summed E-state index contributed by atoms with van der Waals surface area (Å²) in [6.07, 6.45) is 13.7. The molecule has 4 aliphatic carbocycles. The number of allylic oxidation sites excluding steroid dienone is 3. The molecule has 5 heteroatoms. The van der Waals surface area contributed by atoms with Gasteiger partial charge in [-0.3, -0.25) is 4.79 Å². The van der Waals surface area contributed by atoms with Crippen LogP contribution in [0.5, 0.6) is 0 Å².